The highest BCUT2D eigenvalue weighted by atomic mass is 35.5. The number of rotatable bonds is 6. The molecule has 3 N–H and O–H groups in total. The van der Waals surface area contributed by atoms with Crippen molar-refractivity contribution in [2.45, 2.75) is 38.5 Å². The summed E-state index contributed by atoms with van der Waals surface area (Å²) in [6.45, 7) is 4.26. The lowest BCUT2D eigenvalue weighted by Crippen LogP contribution is -2.44. The van der Waals surface area contributed by atoms with Gasteiger partial charge in [0.05, 0.1) is 4.88 Å². The first-order valence-corrected chi connectivity index (χ1v) is 13.2. The van der Waals surface area contributed by atoms with Gasteiger partial charge in [0, 0.05) is 48.2 Å². The van der Waals surface area contributed by atoms with E-state index >= 15 is 0 Å². The maximum absolute atomic E-state index is 12.7. The molecular formula is C27H27ClF3N3O4S. The molecule has 0 aliphatic carbocycles. The molecule has 4 rings (SSSR count). The minimum absolute atomic E-state index is 0.00436. The molecule has 0 radical (unpaired) electrons. The first-order chi connectivity index (χ1) is 18.4. The summed E-state index contributed by atoms with van der Waals surface area (Å²) in [6, 6.07) is 19.7. The van der Waals surface area contributed by atoms with Crippen LogP contribution in [0.25, 0.3) is 10.4 Å². The van der Waals surface area contributed by atoms with Crippen molar-refractivity contribution >= 4 is 46.4 Å². The molecule has 208 valence electrons. The zero-order valence-corrected chi connectivity index (χ0v) is 22.5. The number of nitrogens with one attached hydrogen (secondary N) is 2. The van der Waals surface area contributed by atoms with Crippen molar-refractivity contribution < 1.29 is 32.7 Å². The number of carboxylic acids is 1. The van der Waals surface area contributed by atoms with Gasteiger partial charge >= 0.3 is 12.1 Å². The van der Waals surface area contributed by atoms with E-state index < -0.39 is 12.1 Å². The van der Waals surface area contributed by atoms with Crippen LogP contribution in [0, 0.1) is 0 Å². The van der Waals surface area contributed by atoms with Crippen molar-refractivity contribution in [3.05, 3.63) is 76.1 Å². The van der Waals surface area contributed by atoms with Crippen molar-refractivity contribution in [2.24, 2.45) is 0 Å². The Morgan fingerprint density at radius 3 is 2.26 bits per heavy atom. The largest absolute Gasteiger partial charge is 0.490 e. The van der Waals surface area contributed by atoms with Crippen molar-refractivity contribution in [3.8, 4) is 10.4 Å². The number of hydrogen-bond donors (Lipinski definition) is 3. The Labute approximate surface area is 232 Å². The second kappa shape index (κ2) is 13.6. The number of alkyl halides is 3. The fourth-order valence-corrected chi connectivity index (χ4v) is 5.00. The smallest absolute Gasteiger partial charge is 0.475 e. The maximum Gasteiger partial charge on any atom is 0.490 e. The summed E-state index contributed by atoms with van der Waals surface area (Å²) in [5.74, 6) is -2.83. The van der Waals surface area contributed by atoms with E-state index in [4.69, 9.17) is 21.5 Å². The summed E-state index contributed by atoms with van der Waals surface area (Å²) in [5, 5.41) is 13.8. The third-order valence-corrected chi connectivity index (χ3v) is 7.15. The number of carboxylic acid groups (broad SMARTS) is 1. The molecule has 0 bridgehead atoms. The van der Waals surface area contributed by atoms with Crippen LogP contribution >= 0.6 is 22.9 Å². The highest BCUT2D eigenvalue weighted by molar-refractivity contribution is 7.17. The molecule has 1 aliphatic rings. The van der Waals surface area contributed by atoms with Crippen LogP contribution in [-0.4, -0.2) is 53.1 Å². The summed E-state index contributed by atoms with van der Waals surface area (Å²) in [7, 11) is 0. The second-order valence-corrected chi connectivity index (χ2v) is 10.4. The van der Waals surface area contributed by atoms with Gasteiger partial charge in [0.1, 0.15) is 0 Å². The van der Waals surface area contributed by atoms with Gasteiger partial charge in [0.15, 0.2) is 0 Å². The van der Waals surface area contributed by atoms with Gasteiger partial charge in [-0.2, -0.15) is 13.2 Å². The number of nitrogens with zero attached hydrogens (tertiary/aromatic N) is 1. The third kappa shape index (κ3) is 9.68. The van der Waals surface area contributed by atoms with Gasteiger partial charge in [-0.25, -0.2) is 4.79 Å². The Morgan fingerprint density at radius 1 is 1.05 bits per heavy atom. The Hall–Kier alpha value is -3.41. The molecule has 1 aromatic heterocycles. The number of benzene rings is 2. The van der Waals surface area contributed by atoms with E-state index in [0.29, 0.717) is 5.02 Å². The van der Waals surface area contributed by atoms with Crippen molar-refractivity contribution in [1.29, 1.82) is 0 Å². The van der Waals surface area contributed by atoms with E-state index in [9.17, 15) is 22.8 Å². The number of amides is 2. The SMILES string of the molecule is CC(=O)Nc1ccc(CN2CCC(NC(=O)c3ccc(-c4cccc(Cl)c4)s3)CC2)cc1.O=C(O)C(F)(F)F. The normalized spacial score (nSPS) is 14.2. The minimum Gasteiger partial charge on any atom is -0.475 e. The number of aliphatic carboxylic acids is 1. The van der Waals surface area contributed by atoms with E-state index in [-0.39, 0.29) is 17.9 Å². The molecule has 0 saturated carbocycles. The summed E-state index contributed by atoms with van der Waals surface area (Å²) >= 11 is 7.58. The van der Waals surface area contributed by atoms with Crippen LogP contribution in [0.2, 0.25) is 5.02 Å². The van der Waals surface area contributed by atoms with Crippen molar-refractivity contribution in [2.75, 3.05) is 18.4 Å². The zero-order chi connectivity index (χ0) is 28.6. The van der Waals surface area contributed by atoms with E-state index in [1.165, 1.54) is 23.8 Å². The second-order valence-electron chi connectivity index (χ2n) is 8.88. The Bertz CT molecular complexity index is 1290. The number of piperidine rings is 1. The predicted octanol–water partition coefficient (Wildman–Crippen LogP) is 6.05. The molecule has 0 unspecified atom stereocenters. The van der Waals surface area contributed by atoms with Gasteiger partial charge in [-0.05, 0) is 60.4 Å². The summed E-state index contributed by atoms with van der Waals surface area (Å²) in [5.41, 5.74) is 3.06. The summed E-state index contributed by atoms with van der Waals surface area (Å²) < 4.78 is 31.7. The molecule has 2 aromatic carbocycles. The molecule has 7 nitrogen and oxygen atoms in total. The lowest BCUT2D eigenvalue weighted by atomic mass is 10.0. The van der Waals surface area contributed by atoms with Crippen molar-refractivity contribution in [1.82, 2.24) is 10.2 Å². The molecular weight excluding hydrogens is 555 g/mol. The van der Waals surface area contributed by atoms with Gasteiger partial charge in [-0.3, -0.25) is 14.5 Å². The van der Waals surface area contributed by atoms with E-state index in [0.717, 1.165) is 53.5 Å². The van der Waals surface area contributed by atoms with E-state index in [1.807, 2.05) is 60.7 Å². The first kappa shape index (κ1) is 30.1. The third-order valence-electron chi connectivity index (χ3n) is 5.78. The molecule has 3 aromatic rings. The van der Waals surface area contributed by atoms with Crippen LogP contribution in [0.3, 0.4) is 0 Å². The van der Waals surface area contributed by atoms with Gasteiger partial charge in [0.2, 0.25) is 5.91 Å². The van der Waals surface area contributed by atoms with Crippen LogP contribution in [0.1, 0.15) is 35.0 Å². The fourth-order valence-electron chi connectivity index (χ4n) is 3.90. The van der Waals surface area contributed by atoms with Crippen LogP contribution in [0.4, 0.5) is 18.9 Å². The number of carbonyl (C=O) groups excluding carboxylic acids is 2. The molecule has 1 fully saturated rings. The van der Waals surface area contributed by atoms with Crippen LogP contribution in [0.15, 0.2) is 60.7 Å². The zero-order valence-electron chi connectivity index (χ0n) is 20.9. The summed E-state index contributed by atoms with van der Waals surface area (Å²) in [6.07, 6.45) is -3.22. The van der Waals surface area contributed by atoms with Gasteiger partial charge in [0.25, 0.3) is 5.91 Å². The first-order valence-electron chi connectivity index (χ1n) is 12.0. The van der Waals surface area contributed by atoms with Crippen LogP contribution < -0.4 is 10.6 Å². The lowest BCUT2D eigenvalue weighted by Gasteiger charge is -2.32. The molecule has 1 aliphatic heterocycles. The van der Waals surface area contributed by atoms with Crippen LogP contribution in [0.5, 0.6) is 0 Å². The molecule has 39 heavy (non-hydrogen) atoms. The molecule has 12 heteroatoms. The number of hydrogen-bond acceptors (Lipinski definition) is 5. The number of thiophene rings is 1. The average Bonchev–Trinajstić information content (AvgIpc) is 3.37. The number of halogens is 4. The standard InChI is InChI=1S/C25H26ClN3O2S.C2HF3O2/c1-17(30)27-21-7-5-18(6-8-21)16-29-13-11-22(12-14-29)28-25(31)24-10-9-23(32-24)19-3-2-4-20(26)15-19;3-2(4,5)1(6)7/h2-10,15,22H,11-14,16H2,1H3,(H,27,30)(H,28,31);(H,6,7). The highest BCUT2D eigenvalue weighted by Crippen LogP contribution is 2.30. The quantitative estimate of drug-likeness (QED) is 0.329. The Balaban J connectivity index is 0.000000532. The number of anilines is 1. The van der Waals surface area contributed by atoms with E-state index in [1.54, 1.807) is 0 Å². The monoisotopic (exact) mass is 581 g/mol. The predicted molar refractivity (Wildman–Crippen MR) is 145 cm³/mol. The van der Waals surface area contributed by atoms with Gasteiger partial charge in [-0.15, -0.1) is 11.3 Å². The Kier molecular flexibility index (Phi) is 10.5. The highest BCUT2D eigenvalue weighted by Gasteiger charge is 2.38. The molecule has 0 atom stereocenters. The van der Waals surface area contributed by atoms with Crippen molar-refractivity contribution in [3.63, 3.8) is 0 Å². The van der Waals surface area contributed by atoms with Gasteiger partial charge < -0.3 is 15.7 Å². The van der Waals surface area contributed by atoms with Gasteiger partial charge in [-0.1, -0.05) is 35.9 Å². The maximum atomic E-state index is 12.7. The number of carbonyl (C=O) groups is 3. The molecule has 2 amide bonds. The number of likely N-dealkylation sites (tertiary alicyclic amines) is 1. The fraction of sp³-hybridized carbons (Fsp3) is 0.296. The molecule has 0 spiro atoms. The average molecular weight is 582 g/mol. The molecule has 2 heterocycles. The van der Waals surface area contributed by atoms with Crippen LogP contribution in [-0.2, 0) is 16.1 Å². The lowest BCUT2D eigenvalue weighted by molar-refractivity contribution is -0.192. The minimum atomic E-state index is -5.08. The molecule has 1 saturated heterocycles. The van der Waals surface area contributed by atoms with E-state index in [2.05, 4.69) is 15.5 Å². The Morgan fingerprint density at radius 2 is 1.69 bits per heavy atom. The summed E-state index contributed by atoms with van der Waals surface area (Å²) in [4.78, 5) is 36.9. The topological polar surface area (TPSA) is 98.7 Å².